The molecule has 4 fully saturated rings. The van der Waals surface area contributed by atoms with Gasteiger partial charge in [0.1, 0.15) is 34.2 Å². The summed E-state index contributed by atoms with van der Waals surface area (Å²) in [6.45, 7) is 4.30. The van der Waals surface area contributed by atoms with Gasteiger partial charge in [-0.1, -0.05) is 18.4 Å². The number of hydrogen-bond donors (Lipinski definition) is 2. The Kier molecular flexibility index (Phi) is 7.66. The fourth-order valence-corrected chi connectivity index (χ4v) is 8.44. The third-order valence-corrected chi connectivity index (χ3v) is 10.7. The van der Waals surface area contributed by atoms with Crippen molar-refractivity contribution in [3.63, 3.8) is 0 Å². The number of likely N-dealkylation sites (tertiary alicyclic amines) is 1. The minimum absolute atomic E-state index is 0.0163. The molecule has 2 saturated heterocycles. The number of fused-ring (bicyclic) bond motifs is 3. The molecule has 0 unspecified atom stereocenters. The number of phenols is 1. The number of halogens is 2. The topological polar surface area (TPSA) is 104 Å². The van der Waals surface area contributed by atoms with Crippen molar-refractivity contribution in [1.82, 2.24) is 19.9 Å². The van der Waals surface area contributed by atoms with E-state index in [4.69, 9.17) is 20.9 Å². The molecule has 0 radical (unpaired) electrons. The number of rotatable bonds is 6. The van der Waals surface area contributed by atoms with E-state index in [1.165, 1.54) is 43.3 Å². The van der Waals surface area contributed by atoms with Crippen LogP contribution in [0.3, 0.4) is 0 Å². The van der Waals surface area contributed by atoms with E-state index in [-0.39, 0.29) is 58.1 Å². The van der Waals surface area contributed by atoms with Crippen LogP contribution in [0.25, 0.3) is 32.9 Å². The molecule has 4 aromatic rings. The molecular weight excluding hydrogens is 616 g/mol. The van der Waals surface area contributed by atoms with Gasteiger partial charge >= 0.3 is 6.01 Å². The molecular formula is C37H39F2N5O4. The summed E-state index contributed by atoms with van der Waals surface area (Å²) in [6, 6.07) is 6.65. The number of ether oxygens (including phenoxy) is 2. The number of benzene rings is 2. The van der Waals surface area contributed by atoms with Crippen molar-refractivity contribution >= 4 is 27.5 Å². The molecule has 4 aliphatic rings. The molecule has 3 atom stereocenters. The molecule has 2 saturated carbocycles. The van der Waals surface area contributed by atoms with Crippen LogP contribution in [0.2, 0.25) is 0 Å². The van der Waals surface area contributed by atoms with E-state index in [1.807, 2.05) is 4.90 Å². The predicted molar refractivity (Wildman–Crippen MR) is 178 cm³/mol. The largest absolute Gasteiger partial charge is 0.508 e. The number of pyridine rings is 1. The minimum atomic E-state index is -1.18. The first kappa shape index (κ1) is 31.2. The highest BCUT2D eigenvalue weighted by molar-refractivity contribution is 6.03. The third kappa shape index (κ3) is 5.40. The van der Waals surface area contributed by atoms with Gasteiger partial charge in [0.05, 0.1) is 37.3 Å². The Hall–Kier alpha value is -4.11. The summed E-state index contributed by atoms with van der Waals surface area (Å²) in [5.41, 5.74) is -1.29. The molecule has 0 spiro atoms. The Labute approximate surface area is 277 Å². The van der Waals surface area contributed by atoms with Crippen molar-refractivity contribution in [3.05, 3.63) is 47.7 Å². The Bertz CT molecular complexity index is 1960. The average Bonchev–Trinajstić information content (AvgIpc) is 3.85. The minimum Gasteiger partial charge on any atom is -0.508 e. The molecule has 2 aliphatic carbocycles. The Morgan fingerprint density at radius 3 is 2.77 bits per heavy atom. The number of terminal acetylenes is 1. The fourth-order valence-electron chi connectivity index (χ4n) is 8.44. The van der Waals surface area contributed by atoms with E-state index in [2.05, 4.69) is 20.8 Å². The number of phenolic OH excluding ortho intramolecular Hbond substituents is 1. The Morgan fingerprint density at radius 1 is 1.12 bits per heavy atom. The van der Waals surface area contributed by atoms with Gasteiger partial charge in [-0.05, 0) is 75.6 Å². The second-order valence-electron chi connectivity index (χ2n) is 14.3. The lowest BCUT2D eigenvalue weighted by atomic mass is 9.75. The van der Waals surface area contributed by atoms with Gasteiger partial charge in [0.25, 0.3) is 0 Å². The van der Waals surface area contributed by atoms with E-state index in [1.54, 1.807) is 6.92 Å². The molecule has 2 aromatic heterocycles. The molecule has 4 heterocycles. The molecule has 9 nitrogen and oxygen atoms in total. The van der Waals surface area contributed by atoms with Crippen molar-refractivity contribution < 1.29 is 28.5 Å². The zero-order valence-electron chi connectivity index (χ0n) is 27.0. The summed E-state index contributed by atoms with van der Waals surface area (Å²) >= 11 is 0. The number of β-amino-alcohol motifs (C(OH)–C–C–N with tert-alkyl or cyclic N) is 1. The zero-order chi connectivity index (χ0) is 33.2. The van der Waals surface area contributed by atoms with Gasteiger partial charge in [-0.25, -0.2) is 8.78 Å². The van der Waals surface area contributed by atoms with Crippen molar-refractivity contribution in [2.75, 3.05) is 44.4 Å². The molecule has 8 rings (SSSR count). The summed E-state index contributed by atoms with van der Waals surface area (Å²) in [5, 5.41) is 22.6. The van der Waals surface area contributed by atoms with Crippen LogP contribution in [0.5, 0.6) is 11.8 Å². The number of hydrogen-bond acceptors (Lipinski definition) is 9. The Morgan fingerprint density at radius 2 is 1.96 bits per heavy atom. The number of aromatic nitrogens is 3. The van der Waals surface area contributed by atoms with Crippen LogP contribution >= 0.6 is 0 Å². The van der Waals surface area contributed by atoms with Crippen molar-refractivity contribution in [1.29, 1.82) is 0 Å². The Balaban J connectivity index is 1.26. The molecule has 2 N–H and O–H groups in total. The highest BCUT2D eigenvalue weighted by atomic mass is 19.1. The number of aromatic hydroxyl groups is 1. The third-order valence-electron chi connectivity index (χ3n) is 10.7. The number of piperidine rings is 1. The van der Waals surface area contributed by atoms with Gasteiger partial charge in [0.2, 0.25) is 0 Å². The van der Waals surface area contributed by atoms with Gasteiger partial charge in [-0.3, -0.25) is 9.88 Å². The standard InChI is InChI=1S/C37H39F2N5O4/c1-3-25-28(38)10-7-22-16-24(45)17-26(30(22)25)32-31(39)33-27(18-40-32)34(43-14-15-47-20-36(2,46)19-43)42-35(41-33)48-21-37-11-4-6-29(37)44(13-5-12-37)23-8-9-23/h1,7,10,16-18,23,29,45-46H,4-6,8-9,11-15,19-21H2,2H3/t29-,36+,37-/m1/s1. The van der Waals surface area contributed by atoms with Crippen LogP contribution in [0.15, 0.2) is 30.5 Å². The molecule has 11 heteroatoms. The van der Waals surface area contributed by atoms with Crippen LogP contribution in [-0.4, -0.2) is 87.2 Å². The summed E-state index contributed by atoms with van der Waals surface area (Å²) in [5.74, 6) is 1.18. The monoisotopic (exact) mass is 655 g/mol. The van der Waals surface area contributed by atoms with Gasteiger partial charge in [-0.2, -0.15) is 9.97 Å². The first-order valence-electron chi connectivity index (χ1n) is 16.9. The van der Waals surface area contributed by atoms with Gasteiger partial charge in [0, 0.05) is 41.2 Å². The maximum atomic E-state index is 16.9. The molecule has 48 heavy (non-hydrogen) atoms. The molecule has 0 amide bonds. The van der Waals surface area contributed by atoms with Crippen LogP contribution in [0.4, 0.5) is 14.6 Å². The smallest absolute Gasteiger partial charge is 0.319 e. The summed E-state index contributed by atoms with van der Waals surface area (Å²) < 4.78 is 44.0. The van der Waals surface area contributed by atoms with Crippen LogP contribution in [0.1, 0.15) is 57.4 Å². The highest BCUT2D eigenvalue weighted by Gasteiger charge is 2.51. The predicted octanol–water partition coefficient (Wildman–Crippen LogP) is 5.57. The van der Waals surface area contributed by atoms with E-state index >= 15 is 4.39 Å². The van der Waals surface area contributed by atoms with Crippen molar-refractivity contribution in [2.24, 2.45) is 5.41 Å². The molecule has 2 aromatic carbocycles. The lowest BCUT2D eigenvalue weighted by Crippen LogP contribution is -2.52. The molecule has 2 aliphatic heterocycles. The summed E-state index contributed by atoms with van der Waals surface area (Å²) in [6.07, 6.45) is 15.2. The number of nitrogens with zero attached hydrogens (tertiary/aromatic N) is 5. The van der Waals surface area contributed by atoms with Gasteiger partial charge in [-0.15, -0.1) is 6.42 Å². The van der Waals surface area contributed by atoms with Crippen molar-refractivity contribution in [3.8, 4) is 35.4 Å². The fraction of sp³-hybridized carbons (Fsp3) is 0.486. The van der Waals surface area contributed by atoms with Crippen LogP contribution in [0, 0.1) is 29.4 Å². The zero-order valence-corrected chi connectivity index (χ0v) is 27.0. The quantitative estimate of drug-likeness (QED) is 0.258. The highest BCUT2D eigenvalue weighted by Crippen LogP contribution is 2.51. The normalized spacial score (nSPS) is 26.4. The van der Waals surface area contributed by atoms with Gasteiger partial charge in [0.15, 0.2) is 5.82 Å². The second-order valence-corrected chi connectivity index (χ2v) is 14.3. The van der Waals surface area contributed by atoms with Crippen molar-refractivity contribution in [2.45, 2.75) is 69.6 Å². The SMILES string of the molecule is C#Cc1c(F)ccc2cc(O)cc(-c3ncc4c(N5CCOC[C@@](C)(O)C5)nc(OC[C@]56CCC[C@H]5N(C5CC5)CCC6)nc4c3F)c12. The number of anilines is 1. The number of aliphatic hydroxyl groups is 1. The first-order valence-corrected chi connectivity index (χ1v) is 16.9. The van der Waals surface area contributed by atoms with E-state index in [0.717, 1.165) is 38.6 Å². The lowest BCUT2D eigenvalue weighted by Gasteiger charge is -2.46. The maximum Gasteiger partial charge on any atom is 0.319 e. The molecule has 0 bridgehead atoms. The lowest BCUT2D eigenvalue weighted by molar-refractivity contribution is -0.0123. The van der Waals surface area contributed by atoms with Crippen LogP contribution < -0.4 is 9.64 Å². The van der Waals surface area contributed by atoms with Gasteiger partial charge < -0.3 is 24.6 Å². The van der Waals surface area contributed by atoms with E-state index < -0.39 is 17.2 Å². The maximum absolute atomic E-state index is 16.9. The van der Waals surface area contributed by atoms with Crippen LogP contribution in [-0.2, 0) is 4.74 Å². The molecule has 250 valence electrons. The van der Waals surface area contributed by atoms with E-state index in [9.17, 15) is 14.6 Å². The second kappa shape index (κ2) is 11.8. The van der Waals surface area contributed by atoms with E-state index in [0.29, 0.717) is 48.4 Å². The summed E-state index contributed by atoms with van der Waals surface area (Å²) in [4.78, 5) is 18.5. The summed E-state index contributed by atoms with van der Waals surface area (Å²) in [7, 11) is 0. The average molecular weight is 656 g/mol. The first-order chi connectivity index (χ1) is 23.2.